The van der Waals surface area contributed by atoms with E-state index in [9.17, 15) is 9.59 Å². The van der Waals surface area contributed by atoms with Crippen LogP contribution in [0.1, 0.15) is 22.3 Å². The molecule has 1 aromatic heterocycles. The summed E-state index contributed by atoms with van der Waals surface area (Å²) in [6.07, 6.45) is 3.44. The van der Waals surface area contributed by atoms with Crippen LogP contribution in [0.25, 0.3) is 0 Å². The Balaban J connectivity index is 1.61. The number of hydrogen-bond donors (Lipinski definition) is 1. The van der Waals surface area contributed by atoms with Crippen LogP contribution in [0.3, 0.4) is 0 Å². The average molecular weight is 330 g/mol. The Hall–Kier alpha value is -2.40. The second-order valence-corrected chi connectivity index (χ2v) is 5.88. The third-order valence-electron chi connectivity index (χ3n) is 3.81. The lowest BCUT2D eigenvalue weighted by atomic mass is 10.2. The number of likely N-dealkylation sites (tertiary alicyclic amines) is 1. The maximum absolute atomic E-state index is 12.1. The van der Waals surface area contributed by atoms with Gasteiger partial charge in [-0.2, -0.15) is 0 Å². The van der Waals surface area contributed by atoms with Crippen LogP contribution in [-0.2, 0) is 11.3 Å². The Labute approximate surface area is 139 Å². The molecule has 1 saturated heterocycles. The molecule has 1 aliphatic rings. The first-order valence-electron chi connectivity index (χ1n) is 7.35. The summed E-state index contributed by atoms with van der Waals surface area (Å²) >= 11 is 6.14. The summed E-state index contributed by atoms with van der Waals surface area (Å²) in [5, 5.41) is 3.54. The van der Waals surface area contributed by atoms with Crippen molar-refractivity contribution in [3.05, 3.63) is 64.9 Å². The van der Waals surface area contributed by atoms with Crippen molar-refractivity contribution in [2.24, 2.45) is 0 Å². The molecule has 0 radical (unpaired) electrons. The number of benzene rings is 1. The van der Waals surface area contributed by atoms with Crippen LogP contribution in [0.2, 0.25) is 5.02 Å². The fraction of sp³-hybridized carbons (Fsp3) is 0.235. The van der Waals surface area contributed by atoms with Crippen molar-refractivity contribution >= 4 is 23.4 Å². The Morgan fingerprint density at radius 1 is 1.26 bits per heavy atom. The molecule has 1 aliphatic heterocycles. The topological polar surface area (TPSA) is 62.3 Å². The molecular weight excluding hydrogens is 314 g/mol. The zero-order valence-corrected chi connectivity index (χ0v) is 13.2. The first kappa shape index (κ1) is 15.5. The van der Waals surface area contributed by atoms with Crippen LogP contribution in [0, 0.1) is 0 Å². The number of aromatic nitrogens is 1. The van der Waals surface area contributed by atoms with Crippen LogP contribution in [0.4, 0.5) is 0 Å². The van der Waals surface area contributed by atoms with Gasteiger partial charge in [-0.25, -0.2) is 0 Å². The third-order valence-corrected chi connectivity index (χ3v) is 4.18. The highest BCUT2D eigenvalue weighted by molar-refractivity contribution is 6.31. The van der Waals surface area contributed by atoms with Gasteiger partial charge in [0.2, 0.25) is 5.91 Å². The van der Waals surface area contributed by atoms with E-state index in [1.54, 1.807) is 35.5 Å². The number of hydrogen-bond acceptors (Lipinski definition) is 3. The second kappa shape index (κ2) is 6.79. The molecule has 2 heterocycles. The molecule has 118 valence electrons. The molecule has 1 atom stereocenters. The van der Waals surface area contributed by atoms with E-state index in [1.807, 2.05) is 18.2 Å². The predicted octanol–water partition coefficient (Wildman–Crippen LogP) is 2.27. The zero-order valence-electron chi connectivity index (χ0n) is 12.4. The third kappa shape index (κ3) is 3.68. The minimum atomic E-state index is -0.190. The number of amides is 2. The van der Waals surface area contributed by atoms with Crippen molar-refractivity contribution < 1.29 is 9.59 Å². The lowest BCUT2D eigenvalue weighted by molar-refractivity contribution is -0.128. The molecule has 1 unspecified atom stereocenters. The Morgan fingerprint density at radius 3 is 2.74 bits per heavy atom. The molecule has 3 rings (SSSR count). The molecule has 5 nitrogen and oxygen atoms in total. The summed E-state index contributed by atoms with van der Waals surface area (Å²) in [5.41, 5.74) is 1.45. The van der Waals surface area contributed by atoms with Crippen LogP contribution in [0.15, 0.2) is 48.8 Å². The molecule has 2 aromatic rings. The number of nitrogens with zero attached hydrogens (tertiary/aromatic N) is 2. The first-order valence-corrected chi connectivity index (χ1v) is 7.73. The van der Waals surface area contributed by atoms with E-state index in [-0.39, 0.29) is 17.9 Å². The van der Waals surface area contributed by atoms with Gasteiger partial charge in [0.05, 0.1) is 6.04 Å². The quantitative estimate of drug-likeness (QED) is 0.936. The lowest BCUT2D eigenvalue weighted by Gasteiger charge is -2.18. The molecule has 1 aromatic carbocycles. The van der Waals surface area contributed by atoms with Crippen molar-refractivity contribution in [3.8, 4) is 0 Å². The summed E-state index contributed by atoms with van der Waals surface area (Å²) < 4.78 is 0. The van der Waals surface area contributed by atoms with Crippen molar-refractivity contribution in [3.63, 3.8) is 0 Å². The van der Waals surface area contributed by atoms with Crippen molar-refractivity contribution in [1.82, 2.24) is 15.2 Å². The lowest BCUT2D eigenvalue weighted by Crippen LogP contribution is -2.37. The Morgan fingerprint density at radius 2 is 2.00 bits per heavy atom. The van der Waals surface area contributed by atoms with Gasteiger partial charge in [0.25, 0.3) is 5.91 Å². The predicted molar refractivity (Wildman–Crippen MR) is 87.0 cm³/mol. The summed E-state index contributed by atoms with van der Waals surface area (Å²) in [4.78, 5) is 29.9. The molecule has 0 bridgehead atoms. The number of rotatable bonds is 4. The van der Waals surface area contributed by atoms with Gasteiger partial charge in [0.15, 0.2) is 0 Å². The molecule has 23 heavy (non-hydrogen) atoms. The Bertz CT molecular complexity index is 721. The molecule has 0 aliphatic carbocycles. The van der Waals surface area contributed by atoms with Gasteiger partial charge in [0, 0.05) is 42.5 Å². The van der Waals surface area contributed by atoms with Gasteiger partial charge in [-0.3, -0.25) is 14.6 Å². The number of pyridine rings is 1. The normalized spacial score (nSPS) is 17.3. The van der Waals surface area contributed by atoms with Crippen molar-refractivity contribution in [2.75, 3.05) is 6.54 Å². The van der Waals surface area contributed by atoms with Crippen molar-refractivity contribution in [2.45, 2.75) is 19.0 Å². The summed E-state index contributed by atoms with van der Waals surface area (Å²) in [5.74, 6) is -0.172. The monoisotopic (exact) mass is 329 g/mol. The molecule has 2 amide bonds. The van der Waals surface area contributed by atoms with Gasteiger partial charge >= 0.3 is 0 Å². The minimum Gasteiger partial charge on any atom is -0.347 e. The number of halogens is 1. The van der Waals surface area contributed by atoms with Crippen LogP contribution in [0.5, 0.6) is 0 Å². The van der Waals surface area contributed by atoms with E-state index in [2.05, 4.69) is 10.3 Å². The van der Waals surface area contributed by atoms with Crippen LogP contribution >= 0.6 is 11.6 Å². The molecular formula is C17H16ClN3O2. The van der Waals surface area contributed by atoms with Gasteiger partial charge in [-0.15, -0.1) is 0 Å². The van der Waals surface area contributed by atoms with Crippen molar-refractivity contribution in [1.29, 1.82) is 0 Å². The fourth-order valence-electron chi connectivity index (χ4n) is 2.63. The van der Waals surface area contributed by atoms with Crippen LogP contribution < -0.4 is 5.32 Å². The van der Waals surface area contributed by atoms with Crippen LogP contribution in [-0.4, -0.2) is 34.3 Å². The highest BCUT2D eigenvalue weighted by Crippen LogP contribution is 2.20. The summed E-state index contributed by atoms with van der Waals surface area (Å²) in [6.45, 7) is 0.945. The molecule has 1 fully saturated rings. The van der Waals surface area contributed by atoms with E-state index < -0.39 is 0 Å². The highest BCUT2D eigenvalue weighted by Gasteiger charge is 2.30. The fourth-order valence-corrected chi connectivity index (χ4v) is 2.82. The average Bonchev–Trinajstić information content (AvgIpc) is 2.90. The smallest absolute Gasteiger partial charge is 0.251 e. The first-order chi connectivity index (χ1) is 11.1. The summed E-state index contributed by atoms with van der Waals surface area (Å²) in [7, 11) is 0. The van der Waals surface area contributed by atoms with E-state index in [0.717, 1.165) is 5.56 Å². The van der Waals surface area contributed by atoms with E-state index in [0.29, 0.717) is 30.1 Å². The summed E-state index contributed by atoms with van der Waals surface area (Å²) in [6, 6.07) is 10.6. The van der Waals surface area contributed by atoms with E-state index in [4.69, 9.17) is 11.6 Å². The van der Waals surface area contributed by atoms with Gasteiger partial charge in [-0.05, 0) is 23.8 Å². The van der Waals surface area contributed by atoms with Gasteiger partial charge in [0.1, 0.15) is 0 Å². The minimum absolute atomic E-state index is 0.0185. The molecule has 6 heteroatoms. The zero-order chi connectivity index (χ0) is 16.2. The van der Waals surface area contributed by atoms with Gasteiger partial charge in [-0.1, -0.05) is 29.8 Å². The molecule has 0 spiro atoms. The number of nitrogens with one attached hydrogen (secondary N) is 1. The maximum atomic E-state index is 12.1. The Kier molecular flexibility index (Phi) is 4.57. The standard InChI is InChI=1S/C17H16ClN3O2/c18-15-4-2-1-3-13(15)10-21-11-14(9-16(21)22)20-17(23)12-5-7-19-8-6-12/h1-8,14H,9-11H2,(H,20,23). The molecule has 1 N–H and O–H groups in total. The number of carbonyl (C=O) groups excluding carboxylic acids is 2. The van der Waals surface area contributed by atoms with E-state index in [1.165, 1.54) is 0 Å². The highest BCUT2D eigenvalue weighted by atomic mass is 35.5. The largest absolute Gasteiger partial charge is 0.347 e. The maximum Gasteiger partial charge on any atom is 0.251 e. The van der Waals surface area contributed by atoms with E-state index >= 15 is 0 Å². The number of carbonyl (C=O) groups is 2. The van der Waals surface area contributed by atoms with Gasteiger partial charge < -0.3 is 10.2 Å². The second-order valence-electron chi connectivity index (χ2n) is 5.48. The SMILES string of the molecule is O=C(NC1CC(=O)N(Cc2ccccc2Cl)C1)c1ccncc1. The molecule has 0 saturated carbocycles.